The number of aryl methyl sites for hydroxylation is 1. The molecule has 0 saturated carbocycles. The van der Waals surface area contributed by atoms with Crippen molar-refractivity contribution in [2.24, 2.45) is 0 Å². The van der Waals surface area contributed by atoms with Gasteiger partial charge in [-0.3, -0.25) is 10.1 Å². The Kier molecular flexibility index (Phi) is 3.96. The lowest BCUT2D eigenvalue weighted by Gasteiger charge is -2.37. The van der Waals surface area contributed by atoms with Gasteiger partial charge in [-0.2, -0.15) is 0 Å². The van der Waals surface area contributed by atoms with E-state index in [4.69, 9.17) is 0 Å². The van der Waals surface area contributed by atoms with Crippen molar-refractivity contribution in [3.8, 4) is 0 Å². The molecule has 3 rings (SSSR count). The summed E-state index contributed by atoms with van der Waals surface area (Å²) >= 11 is 0. The van der Waals surface area contributed by atoms with Crippen LogP contribution in [0.3, 0.4) is 0 Å². The fraction of sp³-hybridized carbons (Fsp3) is 0.294. The SMILES string of the molecule is Cc1cccc(N2CCN(c3ccccc3[N+](=O)[O-])CC2)c1. The first-order valence-corrected chi connectivity index (χ1v) is 7.45. The molecule has 1 heterocycles. The van der Waals surface area contributed by atoms with Crippen molar-refractivity contribution in [2.75, 3.05) is 36.0 Å². The average Bonchev–Trinajstić information content (AvgIpc) is 2.55. The number of nitro groups is 1. The molecule has 0 bridgehead atoms. The van der Waals surface area contributed by atoms with Crippen LogP contribution in [0.1, 0.15) is 5.56 Å². The number of hydrogen-bond donors (Lipinski definition) is 0. The maximum atomic E-state index is 11.2. The van der Waals surface area contributed by atoms with Gasteiger partial charge in [0.15, 0.2) is 0 Å². The number of anilines is 2. The second kappa shape index (κ2) is 6.05. The van der Waals surface area contributed by atoms with Gasteiger partial charge in [0.25, 0.3) is 5.69 Å². The van der Waals surface area contributed by atoms with Crippen LogP contribution in [-0.4, -0.2) is 31.1 Å². The van der Waals surface area contributed by atoms with Gasteiger partial charge >= 0.3 is 0 Å². The highest BCUT2D eigenvalue weighted by atomic mass is 16.6. The zero-order valence-corrected chi connectivity index (χ0v) is 12.6. The summed E-state index contributed by atoms with van der Waals surface area (Å²) in [6, 6.07) is 15.4. The van der Waals surface area contributed by atoms with Crippen molar-refractivity contribution in [3.05, 3.63) is 64.2 Å². The molecule has 2 aromatic rings. The van der Waals surface area contributed by atoms with Crippen molar-refractivity contribution in [1.82, 2.24) is 0 Å². The van der Waals surface area contributed by atoms with Crippen molar-refractivity contribution in [3.63, 3.8) is 0 Å². The third-order valence-electron chi connectivity index (χ3n) is 4.07. The lowest BCUT2D eigenvalue weighted by atomic mass is 10.1. The van der Waals surface area contributed by atoms with Crippen LogP contribution in [0, 0.1) is 17.0 Å². The fourth-order valence-corrected chi connectivity index (χ4v) is 2.92. The normalized spacial score (nSPS) is 15.0. The number of nitro benzene ring substituents is 1. The van der Waals surface area contributed by atoms with Crippen molar-refractivity contribution in [1.29, 1.82) is 0 Å². The van der Waals surface area contributed by atoms with E-state index >= 15 is 0 Å². The molecule has 114 valence electrons. The maximum Gasteiger partial charge on any atom is 0.292 e. The van der Waals surface area contributed by atoms with Crippen LogP contribution in [0.25, 0.3) is 0 Å². The molecular weight excluding hydrogens is 278 g/mol. The Labute approximate surface area is 129 Å². The molecule has 22 heavy (non-hydrogen) atoms. The third-order valence-corrected chi connectivity index (χ3v) is 4.07. The highest BCUT2D eigenvalue weighted by Gasteiger charge is 2.23. The number of hydrogen-bond acceptors (Lipinski definition) is 4. The number of para-hydroxylation sites is 2. The van der Waals surface area contributed by atoms with E-state index in [0.29, 0.717) is 0 Å². The van der Waals surface area contributed by atoms with Gasteiger partial charge < -0.3 is 9.80 Å². The van der Waals surface area contributed by atoms with Crippen LogP contribution in [0.4, 0.5) is 17.1 Å². The van der Waals surface area contributed by atoms with Gasteiger partial charge in [-0.1, -0.05) is 24.3 Å². The molecule has 1 fully saturated rings. The summed E-state index contributed by atoms with van der Waals surface area (Å²) in [4.78, 5) is 15.3. The Morgan fingerprint density at radius 2 is 1.64 bits per heavy atom. The Hall–Kier alpha value is -2.56. The van der Waals surface area contributed by atoms with Crippen molar-refractivity contribution < 1.29 is 4.92 Å². The standard InChI is InChI=1S/C17H19N3O2/c1-14-5-4-6-15(13-14)18-9-11-19(12-10-18)16-7-2-3-8-17(16)20(21)22/h2-8,13H,9-12H2,1H3. The lowest BCUT2D eigenvalue weighted by molar-refractivity contribution is -0.384. The highest BCUT2D eigenvalue weighted by Crippen LogP contribution is 2.29. The van der Waals surface area contributed by atoms with Gasteiger partial charge in [0, 0.05) is 37.9 Å². The number of nitrogens with zero attached hydrogens (tertiary/aromatic N) is 3. The second-order valence-electron chi connectivity index (χ2n) is 5.56. The summed E-state index contributed by atoms with van der Waals surface area (Å²) in [5, 5.41) is 11.2. The van der Waals surface area contributed by atoms with Gasteiger partial charge in [0.1, 0.15) is 5.69 Å². The van der Waals surface area contributed by atoms with Gasteiger partial charge in [-0.25, -0.2) is 0 Å². The summed E-state index contributed by atoms with van der Waals surface area (Å²) in [6.07, 6.45) is 0. The first-order valence-electron chi connectivity index (χ1n) is 7.45. The minimum absolute atomic E-state index is 0.187. The largest absolute Gasteiger partial charge is 0.368 e. The van der Waals surface area contributed by atoms with E-state index in [1.807, 2.05) is 12.1 Å². The van der Waals surface area contributed by atoms with Crippen LogP contribution < -0.4 is 9.80 Å². The molecule has 0 amide bonds. The Morgan fingerprint density at radius 3 is 2.32 bits per heavy atom. The number of benzene rings is 2. The molecule has 0 aromatic heterocycles. The summed E-state index contributed by atoms with van der Waals surface area (Å²) in [6.45, 7) is 5.41. The molecular formula is C17H19N3O2. The average molecular weight is 297 g/mol. The molecule has 0 atom stereocenters. The minimum Gasteiger partial charge on any atom is -0.368 e. The maximum absolute atomic E-state index is 11.2. The monoisotopic (exact) mass is 297 g/mol. The zero-order chi connectivity index (χ0) is 15.5. The highest BCUT2D eigenvalue weighted by molar-refractivity contribution is 5.64. The molecule has 0 N–H and O–H groups in total. The third kappa shape index (κ3) is 2.88. The second-order valence-corrected chi connectivity index (χ2v) is 5.56. The van der Waals surface area contributed by atoms with E-state index in [-0.39, 0.29) is 10.6 Å². The molecule has 0 radical (unpaired) electrons. The van der Waals surface area contributed by atoms with E-state index in [1.165, 1.54) is 11.3 Å². The number of rotatable bonds is 3. The molecule has 0 aliphatic carbocycles. The lowest BCUT2D eigenvalue weighted by Crippen LogP contribution is -2.46. The fourth-order valence-electron chi connectivity index (χ4n) is 2.92. The van der Waals surface area contributed by atoms with Crippen LogP contribution in [0.5, 0.6) is 0 Å². The summed E-state index contributed by atoms with van der Waals surface area (Å²) < 4.78 is 0. The predicted molar refractivity (Wildman–Crippen MR) is 88.7 cm³/mol. The van der Waals surface area contributed by atoms with Gasteiger partial charge in [-0.15, -0.1) is 0 Å². The first-order chi connectivity index (χ1) is 10.6. The summed E-state index contributed by atoms with van der Waals surface area (Å²) in [5.41, 5.74) is 3.38. The van der Waals surface area contributed by atoms with E-state index in [0.717, 1.165) is 31.9 Å². The van der Waals surface area contributed by atoms with E-state index in [9.17, 15) is 10.1 Å². The topological polar surface area (TPSA) is 49.6 Å². The molecule has 5 heteroatoms. The first kappa shape index (κ1) is 14.4. The Bertz CT molecular complexity index is 679. The van der Waals surface area contributed by atoms with E-state index in [1.54, 1.807) is 12.1 Å². The minimum atomic E-state index is -0.303. The van der Waals surface area contributed by atoms with E-state index < -0.39 is 0 Å². The smallest absolute Gasteiger partial charge is 0.292 e. The molecule has 0 spiro atoms. The molecule has 0 unspecified atom stereocenters. The predicted octanol–water partition coefficient (Wildman–Crippen LogP) is 3.23. The quantitative estimate of drug-likeness (QED) is 0.644. The van der Waals surface area contributed by atoms with Crippen molar-refractivity contribution >= 4 is 17.1 Å². The molecule has 1 aliphatic rings. The molecule has 2 aromatic carbocycles. The molecule has 1 aliphatic heterocycles. The van der Waals surface area contributed by atoms with Gasteiger partial charge in [0.2, 0.25) is 0 Å². The van der Waals surface area contributed by atoms with E-state index in [2.05, 4.69) is 41.0 Å². The van der Waals surface area contributed by atoms with Gasteiger partial charge in [-0.05, 0) is 30.7 Å². The molecule has 1 saturated heterocycles. The van der Waals surface area contributed by atoms with Crippen molar-refractivity contribution in [2.45, 2.75) is 6.92 Å². The Morgan fingerprint density at radius 1 is 0.955 bits per heavy atom. The van der Waals surface area contributed by atoms with Crippen LogP contribution in [0.2, 0.25) is 0 Å². The number of piperazine rings is 1. The van der Waals surface area contributed by atoms with Crippen LogP contribution in [-0.2, 0) is 0 Å². The summed E-state index contributed by atoms with van der Waals surface area (Å²) in [5.74, 6) is 0. The Balaban J connectivity index is 1.73. The summed E-state index contributed by atoms with van der Waals surface area (Å²) in [7, 11) is 0. The van der Waals surface area contributed by atoms with Gasteiger partial charge in [0.05, 0.1) is 4.92 Å². The molecule has 5 nitrogen and oxygen atoms in total. The van der Waals surface area contributed by atoms with Crippen LogP contribution >= 0.6 is 0 Å². The zero-order valence-electron chi connectivity index (χ0n) is 12.6. The van der Waals surface area contributed by atoms with Crippen LogP contribution in [0.15, 0.2) is 48.5 Å².